The summed E-state index contributed by atoms with van der Waals surface area (Å²) in [6.45, 7) is 0.643. The maximum Gasteiger partial charge on any atom is 0.310 e. The van der Waals surface area contributed by atoms with Crippen molar-refractivity contribution in [2.75, 3.05) is 6.61 Å². The summed E-state index contributed by atoms with van der Waals surface area (Å²) >= 11 is 0. The van der Waals surface area contributed by atoms with E-state index in [1.54, 1.807) is 12.4 Å². The van der Waals surface area contributed by atoms with Gasteiger partial charge in [0, 0.05) is 6.20 Å². The quantitative estimate of drug-likeness (QED) is 0.933. The van der Waals surface area contributed by atoms with Crippen LogP contribution in [-0.4, -0.2) is 22.7 Å². The lowest BCUT2D eigenvalue weighted by Gasteiger charge is -2.23. The average molecular weight is 285 g/mol. The summed E-state index contributed by atoms with van der Waals surface area (Å²) in [5.41, 5.74) is 1.90. The van der Waals surface area contributed by atoms with Crippen LogP contribution in [-0.2, 0) is 17.8 Å². The largest absolute Gasteiger partial charge is 0.492 e. The molecule has 2 aromatic rings. The van der Waals surface area contributed by atoms with Crippen molar-refractivity contribution in [1.82, 2.24) is 4.98 Å². The predicted molar refractivity (Wildman–Crippen MR) is 75.3 cm³/mol. The Kier molecular flexibility index (Phi) is 3.73. The molecule has 0 bridgehead atoms. The van der Waals surface area contributed by atoms with Crippen molar-refractivity contribution in [3.8, 4) is 11.5 Å². The number of carbonyl (C=O) groups is 1. The fourth-order valence-electron chi connectivity index (χ4n) is 2.30. The molecule has 5 nitrogen and oxygen atoms in total. The van der Waals surface area contributed by atoms with Crippen molar-refractivity contribution in [2.45, 2.75) is 13.0 Å². The first-order valence-electron chi connectivity index (χ1n) is 6.72. The van der Waals surface area contributed by atoms with Crippen LogP contribution in [0.3, 0.4) is 0 Å². The maximum atomic E-state index is 11.0. The molecule has 1 aliphatic rings. The van der Waals surface area contributed by atoms with Gasteiger partial charge in [0.1, 0.15) is 24.7 Å². The monoisotopic (exact) mass is 285 g/mol. The number of ether oxygens (including phenoxy) is 2. The molecule has 0 spiro atoms. The zero-order chi connectivity index (χ0) is 14.7. The Morgan fingerprint density at radius 3 is 3.10 bits per heavy atom. The van der Waals surface area contributed by atoms with Gasteiger partial charge in [-0.3, -0.25) is 9.78 Å². The van der Waals surface area contributed by atoms with Crippen molar-refractivity contribution in [1.29, 1.82) is 0 Å². The summed E-state index contributed by atoms with van der Waals surface area (Å²) in [7, 11) is 0. The van der Waals surface area contributed by atoms with Crippen molar-refractivity contribution in [3.05, 3.63) is 53.9 Å². The number of rotatable bonds is 4. The molecule has 21 heavy (non-hydrogen) atoms. The fraction of sp³-hybridized carbons (Fsp3) is 0.250. The molecule has 0 saturated heterocycles. The first-order chi connectivity index (χ1) is 10.2. The Balaban J connectivity index is 1.71. The third-order valence-corrected chi connectivity index (χ3v) is 3.42. The lowest BCUT2D eigenvalue weighted by Crippen LogP contribution is -2.27. The lowest BCUT2D eigenvalue weighted by molar-refractivity contribution is -0.143. The van der Waals surface area contributed by atoms with Gasteiger partial charge in [0.05, 0.1) is 12.1 Å². The summed E-state index contributed by atoms with van der Waals surface area (Å²) < 4.78 is 11.1. The highest BCUT2D eigenvalue weighted by Gasteiger charge is 2.25. The second-order valence-electron chi connectivity index (χ2n) is 4.97. The Morgan fingerprint density at radius 1 is 1.43 bits per heavy atom. The minimum absolute atomic E-state index is 0.230. The number of nitrogens with zero attached hydrogens (tertiary/aromatic N) is 1. The number of fused-ring (bicyclic) bond motifs is 1. The Morgan fingerprint density at radius 2 is 2.33 bits per heavy atom. The second kappa shape index (κ2) is 5.83. The zero-order valence-electron chi connectivity index (χ0n) is 11.4. The van der Waals surface area contributed by atoms with Gasteiger partial charge in [-0.25, -0.2) is 0 Å². The van der Waals surface area contributed by atoms with Crippen LogP contribution in [0.2, 0.25) is 0 Å². The van der Waals surface area contributed by atoms with Crippen LogP contribution >= 0.6 is 0 Å². The summed E-state index contributed by atoms with van der Waals surface area (Å²) in [5, 5.41) is 9.07. The summed E-state index contributed by atoms with van der Waals surface area (Å²) in [5.74, 6) is 0.164. The van der Waals surface area contributed by atoms with Gasteiger partial charge in [0.2, 0.25) is 0 Å². The van der Waals surface area contributed by atoms with E-state index < -0.39 is 11.9 Å². The molecule has 0 fully saturated rings. The Hall–Kier alpha value is -2.56. The SMILES string of the molecule is O=C(O)C1COc2ccc(COc3cccnc3)cc2C1. The van der Waals surface area contributed by atoms with E-state index in [1.807, 2.05) is 30.3 Å². The Labute approximate surface area is 122 Å². The third kappa shape index (κ3) is 3.13. The van der Waals surface area contributed by atoms with Crippen molar-refractivity contribution >= 4 is 5.97 Å². The van der Waals surface area contributed by atoms with Crippen LogP contribution in [0.4, 0.5) is 0 Å². The molecule has 0 radical (unpaired) electrons. The van der Waals surface area contributed by atoms with E-state index in [2.05, 4.69) is 4.98 Å². The minimum Gasteiger partial charge on any atom is -0.492 e. The first kappa shape index (κ1) is 13.4. The molecule has 0 saturated carbocycles. The average Bonchev–Trinajstić information content (AvgIpc) is 2.53. The van der Waals surface area contributed by atoms with Crippen LogP contribution < -0.4 is 9.47 Å². The highest BCUT2D eigenvalue weighted by molar-refractivity contribution is 5.71. The van der Waals surface area contributed by atoms with Crippen LogP contribution in [0.25, 0.3) is 0 Å². The molecule has 1 aromatic carbocycles. The fourth-order valence-corrected chi connectivity index (χ4v) is 2.30. The van der Waals surface area contributed by atoms with Crippen molar-refractivity contribution in [3.63, 3.8) is 0 Å². The van der Waals surface area contributed by atoms with Gasteiger partial charge >= 0.3 is 5.97 Å². The number of carboxylic acid groups (broad SMARTS) is 1. The number of hydrogen-bond acceptors (Lipinski definition) is 4. The van der Waals surface area contributed by atoms with E-state index in [1.165, 1.54) is 0 Å². The molecule has 1 N–H and O–H groups in total. The van der Waals surface area contributed by atoms with Crippen LogP contribution in [0.15, 0.2) is 42.7 Å². The first-order valence-corrected chi connectivity index (χ1v) is 6.72. The highest BCUT2D eigenvalue weighted by atomic mass is 16.5. The van der Waals surface area contributed by atoms with Gasteiger partial charge in [-0.15, -0.1) is 0 Å². The third-order valence-electron chi connectivity index (χ3n) is 3.42. The number of hydrogen-bond donors (Lipinski definition) is 1. The molecule has 5 heteroatoms. The van der Waals surface area contributed by atoms with Crippen molar-refractivity contribution < 1.29 is 19.4 Å². The normalized spacial score (nSPS) is 16.7. The van der Waals surface area contributed by atoms with Crippen LogP contribution in [0.5, 0.6) is 11.5 Å². The minimum atomic E-state index is -0.822. The van der Waals surface area contributed by atoms with E-state index in [9.17, 15) is 4.79 Å². The number of aliphatic carboxylic acids is 1. The molecule has 1 aliphatic heterocycles. The molecular formula is C16H15NO4. The second-order valence-corrected chi connectivity index (χ2v) is 4.97. The van der Waals surface area contributed by atoms with Gasteiger partial charge in [-0.2, -0.15) is 0 Å². The molecule has 1 aromatic heterocycles. The van der Waals surface area contributed by atoms with Crippen molar-refractivity contribution in [2.24, 2.45) is 5.92 Å². The maximum absolute atomic E-state index is 11.0. The number of aromatic nitrogens is 1. The molecule has 0 amide bonds. The smallest absolute Gasteiger partial charge is 0.310 e. The highest BCUT2D eigenvalue weighted by Crippen LogP contribution is 2.28. The summed E-state index contributed by atoms with van der Waals surface area (Å²) in [6.07, 6.45) is 3.84. The molecule has 0 aliphatic carbocycles. The lowest BCUT2D eigenvalue weighted by atomic mass is 9.95. The topological polar surface area (TPSA) is 68.7 Å². The predicted octanol–water partition coefficient (Wildman–Crippen LogP) is 2.30. The van der Waals surface area contributed by atoms with Crippen LogP contribution in [0, 0.1) is 5.92 Å². The standard InChI is InChI=1S/C16H15NO4/c18-16(19)13-7-12-6-11(3-4-15(12)21-10-13)9-20-14-2-1-5-17-8-14/h1-6,8,13H,7,9-10H2,(H,18,19). The molecule has 1 unspecified atom stereocenters. The Bertz CT molecular complexity index is 642. The van der Waals surface area contributed by atoms with Gasteiger partial charge < -0.3 is 14.6 Å². The van der Waals surface area contributed by atoms with E-state index in [0.29, 0.717) is 18.8 Å². The van der Waals surface area contributed by atoms with Gasteiger partial charge in [0.25, 0.3) is 0 Å². The molecule has 108 valence electrons. The van der Waals surface area contributed by atoms with E-state index in [4.69, 9.17) is 14.6 Å². The zero-order valence-corrected chi connectivity index (χ0v) is 11.4. The summed E-state index contributed by atoms with van der Waals surface area (Å²) in [6, 6.07) is 9.40. The van der Waals surface area contributed by atoms with E-state index >= 15 is 0 Å². The number of benzene rings is 1. The molecule has 3 rings (SSSR count). The van der Waals surface area contributed by atoms with Gasteiger partial charge in [-0.1, -0.05) is 6.07 Å². The summed E-state index contributed by atoms with van der Waals surface area (Å²) in [4.78, 5) is 15.0. The number of carboxylic acids is 1. The van der Waals surface area contributed by atoms with E-state index in [0.717, 1.165) is 16.9 Å². The van der Waals surface area contributed by atoms with Gasteiger partial charge in [-0.05, 0) is 41.8 Å². The molecule has 1 atom stereocenters. The van der Waals surface area contributed by atoms with Gasteiger partial charge in [0.15, 0.2) is 0 Å². The molecule has 2 heterocycles. The number of pyridine rings is 1. The van der Waals surface area contributed by atoms with Crippen LogP contribution in [0.1, 0.15) is 11.1 Å². The molecular weight excluding hydrogens is 270 g/mol. The van der Waals surface area contributed by atoms with E-state index in [-0.39, 0.29) is 6.61 Å².